The third kappa shape index (κ3) is 5.19. The standard InChI is InChI=1S/C20H19Cl2F2N3O3/c21-15-7-14(25-9-18(28)26-30)8-16(22)20(15)27-10-11(1-4-19(27)29)5-12-2-3-13(23)6-17(12)24/h2-3,6-8,11,25,30H,1,4-5,9-10H2,(H,26,28). The average molecular weight is 458 g/mol. The SMILES string of the molecule is O=C(CNc1cc(Cl)c(N2CC(Cc3ccc(F)cc3F)CCC2=O)c(Cl)c1)NO. The molecule has 1 unspecified atom stereocenters. The number of amides is 2. The average Bonchev–Trinajstić information content (AvgIpc) is 2.70. The maximum atomic E-state index is 14.0. The fourth-order valence-electron chi connectivity index (χ4n) is 3.44. The van der Waals surface area contributed by atoms with Gasteiger partial charge in [0, 0.05) is 24.7 Å². The van der Waals surface area contributed by atoms with Crippen molar-refractivity contribution in [1.82, 2.24) is 5.48 Å². The first-order valence-corrected chi connectivity index (χ1v) is 9.94. The van der Waals surface area contributed by atoms with Gasteiger partial charge >= 0.3 is 0 Å². The second-order valence-electron chi connectivity index (χ2n) is 7.03. The van der Waals surface area contributed by atoms with Crippen LogP contribution in [0, 0.1) is 17.6 Å². The zero-order valence-corrected chi connectivity index (χ0v) is 17.2. The predicted octanol–water partition coefficient (Wildman–Crippen LogP) is 4.17. The molecular formula is C20H19Cl2F2N3O3. The summed E-state index contributed by atoms with van der Waals surface area (Å²) in [5.41, 5.74) is 2.66. The molecule has 2 amide bonds. The molecule has 0 bridgehead atoms. The molecule has 2 aromatic carbocycles. The molecule has 0 saturated carbocycles. The van der Waals surface area contributed by atoms with Crippen LogP contribution in [-0.4, -0.2) is 30.1 Å². The van der Waals surface area contributed by atoms with Gasteiger partial charge in [-0.2, -0.15) is 0 Å². The lowest BCUT2D eigenvalue weighted by Gasteiger charge is -2.34. The van der Waals surface area contributed by atoms with E-state index in [1.165, 1.54) is 34.6 Å². The number of piperidine rings is 1. The minimum absolute atomic E-state index is 0.0548. The van der Waals surface area contributed by atoms with Crippen molar-refractivity contribution >= 4 is 46.4 Å². The normalized spacial score (nSPS) is 16.5. The molecule has 0 aliphatic carbocycles. The van der Waals surface area contributed by atoms with E-state index in [4.69, 9.17) is 28.4 Å². The molecule has 1 aliphatic rings. The van der Waals surface area contributed by atoms with E-state index in [-0.39, 0.29) is 41.4 Å². The molecule has 1 fully saturated rings. The first-order valence-electron chi connectivity index (χ1n) is 9.18. The fourth-order valence-corrected chi connectivity index (χ4v) is 4.13. The van der Waals surface area contributed by atoms with E-state index in [9.17, 15) is 18.4 Å². The smallest absolute Gasteiger partial charge is 0.262 e. The third-order valence-electron chi connectivity index (χ3n) is 4.90. The highest BCUT2D eigenvalue weighted by Gasteiger charge is 2.30. The number of nitrogens with zero attached hydrogens (tertiary/aromatic N) is 1. The Bertz CT molecular complexity index is 951. The maximum Gasteiger partial charge on any atom is 0.262 e. The maximum absolute atomic E-state index is 14.0. The summed E-state index contributed by atoms with van der Waals surface area (Å²) in [4.78, 5) is 25.2. The Morgan fingerprint density at radius 3 is 2.53 bits per heavy atom. The van der Waals surface area contributed by atoms with Gasteiger partial charge in [-0.3, -0.25) is 14.8 Å². The van der Waals surface area contributed by atoms with Crippen LogP contribution in [0.4, 0.5) is 20.2 Å². The number of carbonyl (C=O) groups excluding carboxylic acids is 2. The molecule has 3 rings (SSSR count). The number of anilines is 2. The van der Waals surface area contributed by atoms with Gasteiger partial charge in [-0.1, -0.05) is 29.3 Å². The number of halogens is 4. The van der Waals surface area contributed by atoms with Crippen LogP contribution in [0.1, 0.15) is 18.4 Å². The second kappa shape index (κ2) is 9.59. The molecule has 0 aromatic heterocycles. The van der Waals surface area contributed by atoms with Crippen molar-refractivity contribution in [3.63, 3.8) is 0 Å². The summed E-state index contributed by atoms with van der Waals surface area (Å²) in [5.74, 6) is -2.11. The fraction of sp³-hybridized carbons (Fsp3) is 0.300. The minimum atomic E-state index is -0.645. The van der Waals surface area contributed by atoms with Crippen LogP contribution >= 0.6 is 23.2 Å². The van der Waals surface area contributed by atoms with Crippen LogP contribution < -0.4 is 15.7 Å². The quantitative estimate of drug-likeness (QED) is 0.448. The number of hydrogen-bond acceptors (Lipinski definition) is 4. The number of rotatable bonds is 6. The third-order valence-corrected chi connectivity index (χ3v) is 5.47. The van der Waals surface area contributed by atoms with E-state index in [1.807, 2.05) is 0 Å². The van der Waals surface area contributed by atoms with E-state index in [0.29, 0.717) is 29.8 Å². The van der Waals surface area contributed by atoms with Gasteiger partial charge < -0.3 is 10.2 Å². The Kier molecular flexibility index (Phi) is 7.12. The minimum Gasteiger partial charge on any atom is -0.376 e. The van der Waals surface area contributed by atoms with Crippen LogP contribution in [0.2, 0.25) is 10.0 Å². The summed E-state index contributed by atoms with van der Waals surface area (Å²) < 4.78 is 27.2. The van der Waals surface area contributed by atoms with Crippen molar-refractivity contribution in [1.29, 1.82) is 0 Å². The van der Waals surface area contributed by atoms with Gasteiger partial charge in [-0.15, -0.1) is 0 Å². The summed E-state index contributed by atoms with van der Waals surface area (Å²) in [5, 5.41) is 11.7. The summed E-state index contributed by atoms with van der Waals surface area (Å²) in [6.45, 7) is 0.0885. The molecule has 3 N–H and O–H groups in total. The molecular weight excluding hydrogens is 439 g/mol. The van der Waals surface area contributed by atoms with E-state index >= 15 is 0 Å². The van der Waals surface area contributed by atoms with Gasteiger partial charge in [-0.25, -0.2) is 14.3 Å². The van der Waals surface area contributed by atoms with Crippen LogP contribution in [-0.2, 0) is 16.0 Å². The predicted molar refractivity (Wildman–Crippen MR) is 110 cm³/mol. The van der Waals surface area contributed by atoms with E-state index < -0.39 is 17.5 Å². The van der Waals surface area contributed by atoms with Crippen molar-refractivity contribution in [2.45, 2.75) is 19.3 Å². The zero-order valence-electron chi connectivity index (χ0n) is 15.7. The van der Waals surface area contributed by atoms with E-state index in [2.05, 4.69) is 5.32 Å². The zero-order chi connectivity index (χ0) is 21.8. The number of carbonyl (C=O) groups is 2. The number of benzene rings is 2. The summed E-state index contributed by atoms with van der Waals surface area (Å²) >= 11 is 12.7. The molecule has 1 atom stereocenters. The van der Waals surface area contributed by atoms with Crippen molar-refractivity contribution < 1.29 is 23.6 Å². The highest BCUT2D eigenvalue weighted by Crippen LogP contribution is 2.39. The monoisotopic (exact) mass is 457 g/mol. The van der Waals surface area contributed by atoms with Gasteiger partial charge in [0.05, 0.1) is 22.3 Å². The molecule has 160 valence electrons. The number of hydroxylamine groups is 1. The lowest BCUT2D eigenvalue weighted by Crippen LogP contribution is -2.41. The lowest BCUT2D eigenvalue weighted by atomic mass is 9.90. The Balaban J connectivity index is 1.78. The molecule has 1 saturated heterocycles. The largest absolute Gasteiger partial charge is 0.376 e. The molecule has 1 aliphatic heterocycles. The van der Waals surface area contributed by atoms with Gasteiger partial charge in [0.15, 0.2) is 0 Å². The molecule has 10 heteroatoms. The summed E-state index contributed by atoms with van der Waals surface area (Å²) in [6, 6.07) is 6.50. The van der Waals surface area contributed by atoms with E-state index in [1.54, 1.807) is 0 Å². The van der Waals surface area contributed by atoms with Crippen molar-refractivity contribution in [2.24, 2.45) is 5.92 Å². The van der Waals surface area contributed by atoms with Crippen LogP contribution in [0.25, 0.3) is 0 Å². The molecule has 2 aromatic rings. The number of hydrogen-bond donors (Lipinski definition) is 3. The molecule has 6 nitrogen and oxygen atoms in total. The second-order valence-corrected chi connectivity index (χ2v) is 7.84. The van der Waals surface area contributed by atoms with Gasteiger partial charge in [-0.05, 0) is 42.5 Å². The first-order chi connectivity index (χ1) is 14.3. The highest BCUT2D eigenvalue weighted by atomic mass is 35.5. The van der Waals surface area contributed by atoms with Gasteiger partial charge in [0.1, 0.15) is 11.6 Å². The molecule has 30 heavy (non-hydrogen) atoms. The Morgan fingerprint density at radius 1 is 1.20 bits per heavy atom. The summed E-state index contributed by atoms with van der Waals surface area (Å²) in [6.07, 6.45) is 1.16. The lowest BCUT2D eigenvalue weighted by molar-refractivity contribution is -0.127. The van der Waals surface area contributed by atoms with E-state index in [0.717, 1.165) is 6.07 Å². The Hall–Kier alpha value is -2.42. The van der Waals surface area contributed by atoms with Crippen molar-refractivity contribution in [3.8, 4) is 0 Å². The number of nitrogens with one attached hydrogen (secondary N) is 2. The Labute approximate surface area is 181 Å². The Morgan fingerprint density at radius 2 is 1.90 bits per heavy atom. The topological polar surface area (TPSA) is 81.7 Å². The summed E-state index contributed by atoms with van der Waals surface area (Å²) in [7, 11) is 0. The highest BCUT2D eigenvalue weighted by molar-refractivity contribution is 6.40. The first kappa shape index (κ1) is 22.3. The van der Waals surface area contributed by atoms with Crippen LogP contribution in [0.5, 0.6) is 0 Å². The van der Waals surface area contributed by atoms with Crippen molar-refractivity contribution in [2.75, 3.05) is 23.3 Å². The molecule has 0 radical (unpaired) electrons. The van der Waals surface area contributed by atoms with Crippen LogP contribution in [0.3, 0.4) is 0 Å². The van der Waals surface area contributed by atoms with Crippen LogP contribution in [0.15, 0.2) is 30.3 Å². The molecule has 1 heterocycles. The molecule has 0 spiro atoms. The van der Waals surface area contributed by atoms with Gasteiger partial charge in [0.2, 0.25) is 5.91 Å². The van der Waals surface area contributed by atoms with Crippen molar-refractivity contribution in [3.05, 3.63) is 57.6 Å². The van der Waals surface area contributed by atoms with Gasteiger partial charge in [0.25, 0.3) is 5.91 Å².